The summed E-state index contributed by atoms with van der Waals surface area (Å²) in [5.41, 5.74) is 0. The second kappa shape index (κ2) is 12.5. The molecule has 0 bridgehead atoms. The maximum atomic E-state index is 12.7. The normalized spacial score (nSPS) is 17.8. The lowest BCUT2D eigenvalue weighted by Crippen LogP contribution is -2.26. The monoisotopic (exact) mass is 552 g/mol. The summed E-state index contributed by atoms with van der Waals surface area (Å²) in [6.07, 6.45) is 8.89. The van der Waals surface area contributed by atoms with Crippen LogP contribution < -0.4 is 9.47 Å². The van der Waals surface area contributed by atoms with Crippen molar-refractivity contribution in [1.29, 1.82) is 0 Å². The summed E-state index contributed by atoms with van der Waals surface area (Å²) in [7, 11) is 0. The molecule has 0 aliphatic heterocycles. The van der Waals surface area contributed by atoms with Gasteiger partial charge in [0.25, 0.3) is 0 Å². The molecule has 5 rings (SSSR count). The molecule has 2 aliphatic rings. The van der Waals surface area contributed by atoms with Crippen molar-refractivity contribution in [2.24, 2.45) is 11.8 Å². The Morgan fingerprint density at radius 3 is 1.64 bits per heavy atom. The van der Waals surface area contributed by atoms with Crippen LogP contribution in [0.15, 0.2) is 42.5 Å². The van der Waals surface area contributed by atoms with Crippen LogP contribution in [0.2, 0.25) is 5.02 Å². The Bertz CT molecular complexity index is 1330. The van der Waals surface area contributed by atoms with E-state index in [1.165, 1.54) is 25.7 Å². The lowest BCUT2D eigenvalue weighted by molar-refractivity contribution is -0.154. The molecule has 2 unspecified atom stereocenters. The third kappa shape index (κ3) is 6.43. The van der Waals surface area contributed by atoms with Crippen molar-refractivity contribution in [2.75, 3.05) is 13.2 Å². The number of ether oxygens (including phenoxy) is 4. The molecule has 7 heteroatoms. The summed E-state index contributed by atoms with van der Waals surface area (Å²) in [6, 6.07) is 13.0. The standard InChI is InChI=1S/C32H37ClO6/c1-20(22-9-3-4-10-22)38-29(34)18-36-31-25-13-7-8-14-26(25)32(28-17-24(33)15-16-27(28)31)37-19-30(35)39-21(2)23-11-5-6-12-23/h7-8,13-17,20-23H,3-6,9-12,18-19H2,1-2H3. The average Bonchev–Trinajstić information content (AvgIpc) is 3.66. The van der Waals surface area contributed by atoms with E-state index in [9.17, 15) is 9.59 Å². The number of hydrogen-bond donors (Lipinski definition) is 0. The van der Waals surface area contributed by atoms with E-state index in [-0.39, 0.29) is 31.4 Å². The summed E-state index contributed by atoms with van der Waals surface area (Å²) in [6.45, 7) is 3.51. The highest BCUT2D eigenvalue weighted by atomic mass is 35.5. The second-order valence-corrected chi connectivity index (χ2v) is 11.4. The number of halogens is 1. The van der Waals surface area contributed by atoms with Crippen molar-refractivity contribution in [1.82, 2.24) is 0 Å². The van der Waals surface area contributed by atoms with Crippen LogP contribution in [0.5, 0.6) is 11.5 Å². The minimum absolute atomic E-state index is 0.122. The summed E-state index contributed by atoms with van der Waals surface area (Å²) in [5.74, 6) is 1.12. The lowest BCUT2D eigenvalue weighted by atomic mass is 10.0. The first-order chi connectivity index (χ1) is 18.9. The van der Waals surface area contributed by atoms with Gasteiger partial charge in [0.15, 0.2) is 13.2 Å². The number of carbonyl (C=O) groups excluding carboxylic acids is 2. The molecule has 2 atom stereocenters. The predicted molar refractivity (Wildman–Crippen MR) is 152 cm³/mol. The van der Waals surface area contributed by atoms with Crippen molar-refractivity contribution in [2.45, 2.75) is 77.4 Å². The molecular formula is C32H37ClO6. The van der Waals surface area contributed by atoms with Crippen molar-refractivity contribution in [3.8, 4) is 11.5 Å². The quantitative estimate of drug-likeness (QED) is 0.190. The molecule has 2 saturated carbocycles. The van der Waals surface area contributed by atoms with Gasteiger partial charge < -0.3 is 18.9 Å². The first kappa shape index (κ1) is 27.6. The molecule has 0 heterocycles. The van der Waals surface area contributed by atoms with E-state index in [0.717, 1.165) is 41.8 Å². The number of carbonyl (C=O) groups is 2. The van der Waals surface area contributed by atoms with Gasteiger partial charge in [-0.2, -0.15) is 0 Å². The van der Waals surface area contributed by atoms with Gasteiger partial charge in [0.2, 0.25) is 0 Å². The highest BCUT2D eigenvalue weighted by Crippen LogP contribution is 2.43. The Morgan fingerprint density at radius 1 is 0.718 bits per heavy atom. The molecular weight excluding hydrogens is 516 g/mol. The molecule has 0 radical (unpaired) electrons. The zero-order valence-corrected chi connectivity index (χ0v) is 23.5. The van der Waals surface area contributed by atoms with E-state index in [2.05, 4.69) is 0 Å². The third-order valence-corrected chi connectivity index (χ3v) is 8.55. The topological polar surface area (TPSA) is 71.1 Å². The van der Waals surface area contributed by atoms with E-state index in [4.69, 9.17) is 30.5 Å². The third-order valence-electron chi connectivity index (χ3n) is 8.32. The second-order valence-electron chi connectivity index (χ2n) is 11.0. The smallest absolute Gasteiger partial charge is 0.344 e. The Kier molecular flexibility index (Phi) is 8.81. The SMILES string of the molecule is CC(OC(=O)COc1c2ccccc2c(OCC(=O)OC(C)C2CCCC2)c2cc(Cl)ccc12)C1CCCC1. The molecule has 0 spiro atoms. The van der Waals surface area contributed by atoms with Gasteiger partial charge in [-0.05, 0) is 69.6 Å². The molecule has 0 N–H and O–H groups in total. The Labute approximate surface area is 234 Å². The predicted octanol–water partition coefficient (Wildman–Crippen LogP) is 7.65. The van der Waals surface area contributed by atoms with Crippen molar-refractivity contribution < 1.29 is 28.5 Å². The lowest BCUT2D eigenvalue weighted by Gasteiger charge is -2.21. The zero-order chi connectivity index (χ0) is 27.4. The molecule has 0 amide bonds. The van der Waals surface area contributed by atoms with Crippen LogP contribution in [0.3, 0.4) is 0 Å². The van der Waals surface area contributed by atoms with Gasteiger partial charge in [-0.3, -0.25) is 0 Å². The van der Waals surface area contributed by atoms with Crippen molar-refractivity contribution >= 4 is 45.1 Å². The van der Waals surface area contributed by atoms with E-state index in [1.54, 1.807) is 12.1 Å². The fourth-order valence-corrected chi connectivity index (χ4v) is 6.35. The van der Waals surface area contributed by atoms with Crippen LogP contribution in [0.1, 0.15) is 65.2 Å². The molecule has 2 fully saturated rings. The molecule has 3 aromatic rings. The first-order valence-corrected chi connectivity index (χ1v) is 14.6. The Hall–Kier alpha value is -2.99. The largest absolute Gasteiger partial charge is 0.481 e. The van der Waals surface area contributed by atoms with Crippen LogP contribution >= 0.6 is 11.6 Å². The van der Waals surface area contributed by atoms with Crippen molar-refractivity contribution in [3.63, 3.8) is 0 Å². The minimum Gasteiger partial charge on any atom is -0.481 e. The molecule has 0 saturated heterocycles. The maximum absolute atomic E-state index is 12.7. The number of rotatable bonds is 10. The van der Waals surface area contributed by atoms with E-state index in [0.29, 0.717) is 33.7 Å². The fourth-order valence-electron chi connectivity index (χ4n) is 6.17. The van der Waals surface area contributed by atoms with Gasteiger partial charge in [0.05, 0.1) is 0 Å². The van der Waals surface area contributed by atoms with Crippen molar-refractivity contribution in [3.05, 3.63) is 47.5 Å². The van der Waals surface area contributed by atoms with Crippen LogP contribution in [0.25, 0.3) is 21.5 Å². The fraction of sp³-hybridized carbons (Fsp3) is 0.500. The summed E-state index contributed by atoms with van der Waals surface area (Å²) in [4.78, 5) is 25.4. The van der Waals surface area contributed by atoms with Crippen LogP contribution in [0, 0.1) is 11.8 Å². The van der Waals surface area contributed by atoms with Crippen LogP contribution in [-0.4, -0.2) is 37.4 Å². The van der Waals surface area contributed by atoms with Gasteiger partial charge in [0.1, 0.15) is 23.7 Å². The average molecular weight is 553 g/mol. The highest BCUT2D eigenvalue weighted by Gasteiger charge is 2.26. The highest BCUT2D eigenvalue weighted by molar-refractivity contribution is 6.31. The molecule has 6 nitrogen and oxygen atoms in total. The summed E-state index contributed by atoms with van der Waals surface area (Å²) in [5, 5.41) is 3.48. The Balaban J connectivity index is 1.37. The van der Waals surface area contributed by atoms with Crippen LogP contribution in [-0.2, 0) is 19.1 Å². The van der Waals surface area contributed by atoms with Gasteiger partial charge in [-0.15, -0.1) is 0 Å². The number of fused-ring (bicyclic) bond motifs is 2. The van der Waals surface area contributed by atoms with Gasteiger partial charge in [0, 0.05) is 26.6 Å². The molecule has 3 aromatic carbocycles. The summed E-state index contributed by atoms with van der Waals surface area (Å²) < 4.78 is 23.6. The summed E-state index contributed by atoms with van der Waals surface area (Å²) >= 11 is 6.38. The molecule has 39 heavy (non-hydrogen) atoms. The number of benzene rings is 3. The minimum atomic E-state index is -0.395. The van der Waals surface area contributed by atoms with Gasteiger partial charge >= 0.3 is 11.9 Å². The number of hydrogen-bond acceptors (Lipinski definition) is 6. The molecule has 0 aromatic heterocycles. The molecule has 2 aliphatic carbocycles. The first-order valence-electron chi connectivity index (χ1n) is 14.2. The van der Waals surface area contributed by atoms with E-state index in [1.807, 2.05) is 44.2 Å². The van der Waals surface area contributed by atoms with E-state index < -0.39 is 5.97 Å². The Morgan fingerprint density at radius 2 is 1.15 bits per heavy atom. The van der Waals surface area contributed by atoms with Crippen LogP contribution in [0.4, 0.5) is 0 Å². The van der Waals surface area contributed by atoms with Gasteiger partial charge in [-0.1, -0.05) is 61.5 Å². The maximum Gasteiger partial charge on any atom is 0.344 e. The number of esters is 2. The van der Waals surface area contributed by atoms with E-state index >= 15 is 0 Å². The van der Waals surface area contributed by atoms with Gasteiger partial charge in [-0.25, -0.2) is 9.59 Å². The zero-order valence-electron chi connectivity index (χ0n) is 22.7. The molecule has 208 valence electrons.